The zero-order chi connectivity index (χ0) is 21.3. The molecule has 150 valence electrons. The summed E-state index contributed by atoms with van der Waals surface area (Å²) in [6.07, 6.45) is -3.05. The second-order valence-electron chi connectivity index (χ2n) is 6.47. The number of fused-ring (bicyclic) bond motifs is 1. The predicted octanol–water partition coefficient (Wildman–Crippen LogP) is 6.22. The van der Waals surface area contributed by atoms with Crippen LogP contribution in [0.4, 0.5) is 19.0 Å². The average molecular weight is 428 g/mol. The number of pyridine rings is 2. The highest BCUT2D eigenvalue weighted by Crippen LogP contribution is 2.32. The Kier molecular flexibility index (Phi) is 5.13. The average Bonchev–Trinajstić information content (AvgIpc) is 2.74. The van der Waals surface area contributed by atoms with Gasteiger partial charge in [0.05, 0.1) is 27.4 Å². The maximum Gasteiger partial charge on any atom is 0.416 e. The topological polar surface area (TPSA) is 54.9 Å². The molecule has 8 heteroatoms. The third-order valence-electron chi connectivity index (χ3n) is 4.42. The van der Waals surface area contributed by atoms with Crippen molar-refractivity contribution in [1.29, 1.82) is 0 Å². The SMILES string of the molecule is O=C(Nc1ccc(Cl)cn1)c1cccc2ccc(-c3cccc(C(F)(F)F)c3)nc12. The molecule has 0 atom stereocenters. The summed E-state index contributed by atoms with van der Waals surface area (Å²) >= 11 is 5.80. The van der Waals surface area contributed by atoms with Crippen LogP contribution in [0.2, 0.25) is 5.02 Å². The fourth-order valence-corrected chi connectivity index (χ4v) is 3.09. The highest BCUT2D eigenvalue weighted by molar-refractivity contribution is 6.30. The number of amides is 1. The summed E-state index contributed by atoms with van der Waals surface area (Å²) in [5, 5.41) is 3.79. The van der Waals surface area contributed by atoms with Gasteiger partial charge in [0, 0.05) is 17.1 Å². The van der Waals surface area contributed by atoms with E-state index in [4.69, 9.17) is 11.6 Å². The second kappa shape index (κ2) is 7.76. The lowest BCUT2D eigenvalue weighted by Crippen LogP contribution is -2.13. The molecule has 30 heavy (non-hydrogen) atoms. The first-order valence-corrected chi connectivity index (χ1v) is 9.19. The minimum absolute atomic E-state index is 0.276. The van der Waals surface area contributed by atoms with Gasteiger partial charge in [-0.1, -0.05) is 41.9 Å². The van der Waals surface area contributed by atoms with E-state index < -0.39 is 17.6 Å². The molecule has 0 aliphatic carbocycles. The number of para-hydroxylation sites is 1. The van der Waals surface area contributed by atoms with Crippen LogP contribution in [0.1, 0.15) is 15.9 Å². The minimum atomic E-state index is -4.45. The highest BCUT2D eigenvalue weighted by Gasteiger charge is 2.30. The number of hydrogen-bond donors (Lipinski definition) is 1. The maximum atomic E-state index is 13.1. The van der Waals surface area contributed by atoms with Crippen LogP contribution in [0.25, 0.3) is 22.2 Å². The lowest BCUT2D eigenvalue weighted by Gasteiger charge is -2.11. The molecule has 4 nitrogen and oxygen atoms in total. The van der Waals surface area contributed by atoms with Gasteiger partial charge in [-0.3, -0.25) is 4.79 Å². The number of nitrogens with one attached hydrogen (secondary N) is 1. The fraction of sp³-hybridized carbons (Fsp3) is 0.0455. The third kappa shape index (κ3) is 4.11. The fourth-order valence-electron chi connectivity index (χ4n) is 2.98. The van der Waals surface area contributed by atoms with Crippen molar-refractivity contribution in [3.05, 3.63) is 89.1 Å². The first-order valence-electron chi connectivity index (χ1n) is 8.81. The molecule has 0 fully saturated rings. The largest absolute Gasteiger partial charge is 0.416 e. The van der Waals surface area contributed by atoms with Crippen LogP contribution in [0.5, 0.6) is 0 Å². The van der Waals surface area contributed by atoms with Gasteiger partial charge < -0.3 is 5.32 Å². The zero-order valence-corrected chi connectivity index (χ0v) is 16.0. The number of anilines is 1. The molecule has 0 spiro atoms. The molecule has 4 rings (SSSR count). The lowest BCUT2D eigenvalue weighted by atomic mass is 10.0. The number of carbonyl (C=O) groups is 1. The monoisotopic (exact) mass is 427 g/mol. The second-order valence-corrected chi connectivity index (χ2v) is 6.90. The number of benzene rings is 2. The quantitative estimate of drug-likeness (QED) is 0.422. The van der Waals surface area contributed by atoms with E-state index in [-0.39, 0.29) is 5.56 Å². The van der Waals surface area contributed by atoms with Gasteiger partial charge in [-0.25, -0.2) is 9.97 Å². The molecule has 0 aliphatic heterocycles. The molecule has 4 aromatic rings. The highest BCUT2D eigenvalue weighted by atomic mass is 35.5. The van der Waals surface area contributed by atoms with Gasteiger partial charge in [0.1, 0.15) is 5.82 Å². The van der Waals surface area contributed by atoms with E-state index in [9.17, 15) is 18.0 Å². The van der Waals surface area contributed by atoms with Crippen molar-refractivity contribution in [3.63, 3.8) is 0 Å². The summed E-state index contributed by atoms with van der Waals surface area (Å²) in [5.74, 6) is -0.125. The molecule has 0 saturated heterocycles. The first kappa shape index (κ1) is 19.8. The van der Waals surface area contributed by atoms with Crippen molar-refractivity contribution in [2.45, 2.75) is 6.18 Å². The number of nitrogens with zero attached hydrogens (tertiary/aromatic N) is 2. The number of halogens is 4. The molecular weight excluding hydrogens is 415 g/mol. The summed E-state index contributed by atoms with van der Waals surface area (Å²) in [4.78, 5) is 21.3. The van der Waals surface area contributed by atoms with Gasteiger partial charge >= 0.3 is 6.18 Å². The number of rotatable bonds is 3. The Hall–Kier alpha value is -3.45. The van der Waals surface area contributed by atoms with E-state index in [1.807, 2.05) is 0 Å². The van der Waals surface area contributed by atoms with Crippen LogP contribution in [0.3, 0.4) is 0 Å². The Morgan fingerprint density at radius 1 is 0.967 bits per heavy atom. The van der Waals surface area contributed by atoms with E-state index in [1.54, 1.807) is 48.5 Å². The Morgan fingerprint density at radius 3 is 2.50 bits per heavy atom. The summed E-state index contributed by atoms with van der Waals surface area (Å²) in [6.45, 7) is 0. The number of aromatic nitrogens is 2. The molecule has 2 aromatic carbocycles. The third-order valence-corrected chi connectivity index (χ3v) is 4.64. The molecule has 2 heterocycles. The van der Waals surface area contributed by atoms with E-state index in [0.29, 0.717) is 33.0 Å². The smallest absolute Gasteiger partial charge is 0.306 e. The van der Waals surface area contributed by atoms with E-state index >= 15 is 0 Å². The number of carbonyl (C=O) groups excluding carboxylic acids is 1. The van der Waals surface area contributed by atoms with Crippen LogP contribution in [-0.4, -0.2) is 15.9 Å². The summed E-state index contributed by atoms with van der Waals surface area (Å²) in [6, 6.07) is 16.5. The Morgan fingerprint density at radius 2 is 1.77 bits per heavy atom. The molecule has 0 radical (unpaired) electrons. The van der Waals surface area contributed by atoms with Crippen LogP contribution < -0.4 is 5.32 Å². The normalized spacial score (nSPS) is 11.5. The molecule has 0 saturated carbocycles. The number of alkyl halides is 3. The lowest BCUT2D eigenvalue weighted by molar-refractivity contribution is -0.137. The van der Waals surface area contributed by atoms with Crippen LogP contribution in [-0.2, 0) is 6.18 Å². The van der Waals surface area contributed by atoms with Crippen molar-refractivity contribution in [2.75, 3.05) is 5.32 Å². The molecule has 0 unspecified atom stereocenters. The summed E-state index contributed by atoms with van der Waals surface area (Å²) < 4.78 is 39.2. The molecule has 0 aliphatic rings. The van der Waals surface area contributed by atoms with Crippen LogP contribution in [0, 0.1) is 0 Å². The van der Waals surface area contributed by atoms with Crippen LogP contribution in [0.15, 0.2) is 72.9 Å². The first-order chi connectivity index (χ1) is 14.3. The summed E-state index contributed by atoms with van der Waals surface area (Å²) in [7, 11) is 0. The van der Waals surface area contributed by atoms with Gasteiger partial charge in [-0.2, -0.15) is 13.2 Å². The molecule has 0 bridgehead atoms. The van der Waals surface area contributed by atoms with Crippen molar-refractivity contribution < 1.29 is 18.0 Å². The van der Waals surface area contributed by atoms with Gasteiger partial charge in [0.15, 0.2) is 0 Å². The molecule has 2 aromatic heterocycles. The molecular formula is C22H13ClF3N3O. The van der Waals surface area contributed by atoms with E-state index in [1.165, 1.54) is 12.3 Å². The number of hydrogen-bond acceptors (Lipinski definition) is 3. The predicted molar refractivity (Wildman–Crippen MR) is 109 cm³/mol. The van der Waals surface area contributed by atoms with E-state index in [2.05, 4.69) is 15.3 Å². The Labute approximate surface area is 174 Å². The van der Waals surface area contributed by atoms with Gasteiger partial charge in [-0.15, -0.1) is 0 Å². The standard InChI is InChI=1S/C22H13ClF3N3O/c23-16-8-10-19(27-12-16)29-21(30)17-6-2-3-13-7-9-18(28-20(13)17)14-4-1-5-15(11-14)22(24,25)26/h1-12H,(H,27,29,30). The van der Waals surface area contributed by atoms with Crippen molar-refractivity contribution >= 4 is 34.2 Å². The van der Waals surface area contributed by atoms with Crippen molar-refractivity contribution in [3.8, 4) is 11.3 Å². The Balaban J connectivity index is 1.74. The zero-order valence-electron chi connectivity index (χ0n) is 15.2. The molecule has 1 amide bonds. The summed E-state index contributed by atoms with van der Waals surface area (Å²) in [5.41, 5.74) is 0.526. The van der Waals surface area contributed by atoms with Crippen molar-refractivity contribution in [2.24, 2.45) is 0 Å². The molecule has 1 N–H and O–H groups in total. The van der Waals surface area contributed by atoms with Gasteiger partial charge in [0.2, 0.25) is 0 Å². The van der Waals surface area contributed by atoms with Gasteiger partial charge in [0.25, 0.3) is 5.91 Å². The Bertz CT molecular complexity index is 1240. The van der Waals surface area contributed by atoms with Gasteiger partial charge in [-0.05, 0) is 36.4 Å². The van der Waals surface area contributed by atoms with E-state index in [0.717, 1.165) is 12.1 Å². The van der Waals surface area contributed by atoms with Crippen LogP contribution >= 0.6 is 11.6 Å². The van der Waals surface area contributed by atoms with Crippen molar-refractivity contribution in [1.82, 2.24) is 9.97 Å². The minimum Gasteiger partial charge on any atom is -0.306 e. The maximum absolute atomic E-state index is 13.1.